The number of hydrogen-bond donors (Lipinski definition) is 2. The van der Waals surface area contributed by atoms with Crippen molar-refractivity contribution in [3.63, 3.8) is 0 Å². The summed E-state index contributed by atoms with van der Waals surface area (Å²) >= 11 is 2.09. The van der Waals surface area contributed by atoms with Crippen molar-refractivity contribution in [2.45, 2.75) is 76.6 Å². The number of halogens is 1. The molecule has 0 amide bonds. The molecule has 2 fully saturated rings. The molecule has 1 saturated carbocycles. The molecule has 3 heterocycles. The fourth-order valence-electron chi connectivity index (χ4n) is 5.23. The quantitative estimate of drug-likeness (QED) is 0.293. The fourth-order valence-corrected chi connectivity index (χ4v) is 6.13. The van der Waals surface area contributed by atoms with E-state index in [0.717, 1.165) is 50.1 Å². The number of methoxy groups -OCH3 is 1. The van der Waals surface area contributed by atoms with Crippen LogP contribution in [0.5, 0.6) is 0 Å². The highest BCUT2D eigenvalue weighted by Gasteiger charge is 2.38. The number of nitrogens with one attached hydrogen (secondary N) is 2. The SMILES string of the molecule is CCNC(=NCC1(N2CCSCC2)CCCCC1)NC1CCc2nc(COC)nn2C1.I. The lowest BCUT2D eigenvalue weighted by Crippen LogP contribution is -2.56. The zero-order valence-corrected chi connectivity index (χ0v) is 22.8. The van der Waals surface area contributed by atoms with Crippen molar-refractivity contribution < 1.29 is 4.74 Å². The molecule has 4 rings (SSSR count). The van der Waals surface area contributed by atoms with Crippen molar-refractivity contribution in [2.24, 2.45) is 4.99 Å². The number of aryl methyl sites for hydroxylation is 1. The molecule has 2 aliphatic heterocycles. The normalized spacial score (nSPS) is 23.8. The van der Waals surface area contributed by atoms with E-state index in [-0.39, 0.29) is 29.5 Å². The zero-order chi connectivity index (χ0) is 21.5. The maximum Gasteiger partial charge on any atom is 0.191 e. The van der Waals surface area contributed by atoms with E-state index in [1.54, 1.807) is 7.11 Å². The van der Waals surface area contributed by atoms with Gasteiger partial charge in [-0.2, -0.15) is 16.9 Å². The molecule has 1 atom stereocenters. The minimum absolute atomic E-state index is 0. The van der Waals surface area contributed by atoms with Crippen LogP contribution >= 0.6 is 35.7 Å². The van der Waals surface area contributed by atoms with Crippen LogP contribution in [0.25, 0.3) is 0 Å². The van der Waals surface area contributed by atoms with Gasteiger partial charge in [-0.1, -0.05) is 19.3 Å². The Balaban J connectivity index is 0.00000289. The van der Waals surface area contributed by atoms with E-state index in [9.17, 15) is 0 Å². The van der Waals surface area contributed by atoms with Crippen LogP contribution in [0, 0.1) is 0 Å². The smallest absolute Gasteiger partial charge is 0.191 e. The molecule has 1 aromatic rings. The molecule has 3 aliphatic rings. The first kappa shape index (κ1) is 26.0. The maximum absolute atomic E-state index is 5.19. The topological polar surface area (TPSA) is 79.6 Å². The maximum atomic E-state index is 5.19. The molecule has 0 radical (unpaired) electrons. The summed E-state index contributed by atoms with van der Waals surface area (Å²) in [6.07, 6.45) is 8.60. The molecular weight excluding hydrogens is 537 g/mol. The summed E-state index contributed by atoms with van der Waals surface area (Å²) in [4.78, 5) is 12.5. The first-order valence-electron chi connectivity index (χ1n) is 12.0. The summed E-state index contributed by atoms with van der Waals surface area (Å²) in [6, 6.07) is 0.316. The molecule has 1 aromatic heterocycles. The molecule has 1 aliphatic carbocycles. The summed E-state index contributed by atoms with van der Waals surface area (Å²) in [7, 11) is 1.69. The number of ether oxygens (including phenoxy) is 1. The van der Waals surface area contributed by atoms with Gasteiger partial charge in [0.15, 0.2) is 11.8 Å². The average molecular weight is 578 g/mol. The Morgan fingerprint density at radius 2 is 2.03 bits per heavy atom. The van der Waals surface area contributed by atoms with Crippen LogP contribution in [0.2, 0.25) is 0 Å². The second-order valence-electron chi connectivity index (χ2n) is 9.02. The molecule has 0 spiro atoms. The highest BCUT2D eigenvalue weighted by molar-refractivity contribution is 14.0. The highest BCUT2D eigenvalue weighted by atomic mass is 127. The Kier molecular flexibility index (Phi) is 10.4. The predicted octanol–water partition coefficient (Wildman–Crippen LogP) is 2.66. The Morgan fingerprint density at radius 1 is 1.25 bits per heavy atom. The van der Waals surface area contributed by atoms with Gasteiger partial charge >= 0.3 is 0 Å². The van der Waals surface area contributed by atoms with Gasteiger partial charge < -0.3 is 15.4 Å². The molecule has 32 heavy (non-hydrogen) atoms. The van der Waals surface area contributed by atoms with E-state index in [2.05, 4.69) is 44.3 Å². The molecular formula is C22H40IN7OS. The van der Waals surface area contributed by atoms with Gasteiger partial charge in [-0.05, 0) is 26.2 Å². The predicted molar refractivity (Wildman–Crippen MR) is 142 cm³/mol. The second-order valence-corrected chi connectivity index (χ2v) is 10.2. The number of fused-ring (bicyclic) bond motifs is 1. The van der Waals surface area contributed by atoms with Crippen molar-refractivity contribution >= 4 is 41.7 Å². The molecule has 1 saturated heterocycles. The summed E-state index contributed by atoms with van der Waals surface area (Å²) in [5, 5.41) is 11.8. The Labute approximate surface area is 214 Å². The van der Waals surface area contributed by atoms with Crippen molar-refractivity contribution in [2.75, 3.05) is 44.8 Å². The number of nitrogens with zero attached hydrogens (tertiary/aromatic N) is 5. The van der Waals surface area contributed by atoms with E-state index < -0.39 is 0 Å². The number of hydrogen-bond acceptors (Lipinski definition) is 6. The van der Waals surface area contributed by atoms with Crippen molar-refractivity contribution in [1.82, 2.24) is 30.3 Å². The lowest BCUT2D eigenvalue weighted by molar-refractivity contribution is 0.0671. The van der Waals surface area contributed by atoms with Gasteiger partial charge in [-0.15, -0.1) is 24.0 Å². The van der Waals surface area contributed by atoms with Crippen LogP contribution in [0.3, 0.4) is 0 Å². The van der Waals surface area contributed by atoms with E-state index in [4.69, 9.17) is 9.73 Å². The van der Waals surface area contributed by atoms with Crippen molar-refractivity contribution in [3.05, 3.63) is 11.6 Å². The van der Waals surface area contributed by atoms with Crippen LogP contribution in [-0.2, 0) is 24.3 Å². The molecule has 2 N–H and O–H groups in total. The van der Waals surface area contributed by atoms with Crippen LogP contribution in [0.1, 0.15) is 57.1 Å². The largest absolute Gasteiger partial charge is 0.377 e. The number of rotatable bonds is 7. The van der Waals surface area contributed by atoms with Gasteiger partial charge in [0.25, 0.3) is 0 Å². The van der Waals surface area contributed by atoms with Crippen LogP contribution in [0.15, 0.2) is 4.99 Å². The van der Waals surface area contributed by atoms with Gasteiger partial charge in [0.05, 0.1) is 13.1 Å². The number of aliphatic imine (C=N–C) groups is 1. The van der Waals surface area contributed by atoms with Gasteiger partial charge in [0, 0.05) is 56.3 Å². The number of guanidine groups is 1. The van der Waals surface area contributed by atoms with Gasteiger partial charge in [-0.3, -0.25) is 9.89 Å². The number of aromatic nitrogens is 3. The van der Waals surface area contributed by atoms with Crippen LogP contribution in [-0.4, -0.2) is 82.0 Å². The monoisotopic (exact) mass is 577 g/mol. The Morgan fingerprint density at radius 3 is 2.75 bits per heavy atom. The van der Waals surface area contributed by atoms with E-state index in [0.29, 0.717) is 12.6 Å². The summed E-state index contributed by atoms with van der Waals surface area (Å²) in [6.45, 7) is 7.63. The minimum Gasteiger partial charge on any atom is -0.377 e. The lowest BCUT2D eigenvalue weighted by Gasteiger charge is -2.47. The van der Waals surface area contributed by atoms with E-state index in [1.165, 1.54) is 56.7 Å². The summed E-state index contributed by atoms with van der Waals surface area (Å²) < 4.78 is 7.22. The Hall–Kier alpha value is -0.590. The lowest BCUT2D eigenvalue weighted by atomic mass is 9.80. The van der Waals surface area contributed by atoms with E-state index >= 15 is 0 Å². The third-order valence-corrected chi connectivity index (χ3v) is 7.80. The highest BCUT2D eigenvalue weighted by Crippen LogP contribution is 2.35. The summed E-state index contributed by atoms with van der Waals surface area (Å²) in [5.41, 5.74) is 0.252. The van der Waals surface area contributed by atoms with Crippen LogP contribution < -0.4 is 10.6 Å². The summed E-state index contributed by atoms with van der Waals surface area (Å²) in [5.74, 6) is 5.31. The van der Waals surface area contributed by atoms with Crippen molar-refractivity contribution in [3.8, 4) is 0 Å². The van der Waals surface area contributed by atoms with Gasteiger partial charge in [0.1, 0.15) is 12.4 Å². The molecule has 0 bridgehead atoms. The molecule has 182 valence electrons. The van der Waals surface area contributed by atoms with Crippen LogP contribution in [0.4, 0.5) is 0 Å². The van der Waals surface area contributed by atoms with Gasteiger partial charge in [-0.25, -0.2) is 9.67 Å². The van der Waals surface area contributed by atoms with Gasteiger partial charge in [0.2, 0.25) is 0 Å². The molecule has 1 unspecified atom stereocenters. The molecule has 8 nitrogen and oxygen atoms in total. The van der Waals surface area contributed by atoms with Crippen molar-refractivity contribution in [1.29, 1.82) is 0 Å². The Bertz CT molecular complexity index is 732. The third kappa shape index (κ3) is 6.50. The third-order valence-electron chi connectivity index (χ3n) is 6.86. The first-order chi connectivity index (χ1) is 15.2. The zero-order valence-electron chi connectivity index (χ0n) is 19.6. The average Bonchev–Trinajstić information content (AvgIpc) is 3.21. The second kappa shape index (κ2) is 12.8. The minimum atomic E-state index is 0. The fraction of sp³-hybridized carbons (Fsp3) is 0.864. The van der Waals surface area contributed by atoms with E-state index in [1.807, 2.05) is 4.68 Å². The first-order valence-corrected chi connectivity index (χ1v) is 13.2. The standard InChI is InChI=1S/C22H39N7OS.HI/c1-3-23-21(25-18-7-8-20-26-19(16-30-2)27-29(20)15-18)24-17-22(9-5-4-6-10-22)28-11-13-31-14-12-28;/h18H,3-17H2,1-2H3,(H2,23,24,25);1H. The molecule has 10 heteroatoms. The number of thioether (sulfide) groups is 1. The molecule has 0 aromatic carbocycles.